The quantitative estimate of drug-likeness (QED) is 0.791. The zero-order valence-electron chi connectivity index (χ0n) is 13.4. The van der Waals surface area contributed by atoms with E-state index in [1.165, 1.54) is 5.56 Å². The largest absolute Gasteiger partial charge is 0.497 e. The fourth-order valence-electron chi connectivity index (χ4n) is 3.16. The van der Waals surface area contributed by atoms with Gasteiger partial charge in [0.15, 0.2) is 0 Å². The molecular formula is C20H18N2O2. The van der Waals surface area contributed by atoms with E-state index in [9.17, 15) is 4.79 Å². The first-order chi connectivity index (χ1) is 11.8. The van der Waals surface area contributed by atoms with Crippen LogP contribution in [0.2, 0.25) is 0 Å². The van der Waals surface area contributed by atoms with E-state index in [1.807, 2.05) is 54.7 Å². The molecule has 1 heterocycles. The number of rotatable bonds is 4. The molecule has 0 saturated heterocycles. The molecule has 120 valence electrons. The summed E-state index contributed by atoms with van der Waals surface area (Å²) in [5, 5.41) is 5.12. The Hall–Kier alpha value is -2.88. The van der Waals surface area contributed by atoms with E-state index in [0.29, 0.717) is 5.92 Å². The number of benzene rings is 2. The second-order valence-electron chi connectivity index (χ2n) is 6.11. The smallest absolute Gasteiger partial charge is 0.228 e. The third-order valence-corrected chi connectivity index (χ3v) is 4.61. The Morgan fingerprint density at radius 2 is 2.00 bits per heavy atom. The number of aromatic nitrogens is 1. The van der Waals surface area contributed by atoms with Crippen molar-refractivity contribution >= 4 is 22.4 Å². The van der Waals surface area contributed by atoms with Gasteiger partial charge in [0.25, 0.3) is 0 Å². The van der Waals surface area contributed by atoms with Crippen LogP contribution in [0.1, 0.15) is 17.9 Å². The van der Waals surface area contributed by atoms with E-state index in [1.54, 1.807) is 13.3 Å². The van der Waals surface area contributed by atoms with Gasteiger partial charge in [-0.1, -0.05) is 24.3 Å². The van der Waals surface area contributed by atoms with E-state index in [4.69, 9.17) is 4.74 Å². The predicted octanol–water partition coefficient (Wildman–Crippen LogP) is 3.99. The van der Waals surface area contributed by atoms with E-state index >= 15 is 0 Å². The van der Waals surface area contributed by atoms with Crippen LogP contribution in [0.25, 0.3) is 10.8 Å². The number of nitrogens with one attached hydrogen (secondary N) is 1. The minimum atomic E-state index is 0.0375. The fourth-order valence-corrected chi connectivity index (χ4v) is 3.16. The molecule has 2 aromatic carbocycles. The molecule has 1 amide bonds. The maximum Gasteiger partial charge on any atom is 0.228 e. The highest BCUT2D eigenvalue weighted by atomic mass is 16.5. The van der Waals surface area contributed by atoms with Crippen molar-refractivity contribution in [2.75, 3.05) is 12.4 Å². The average Bonchev–Trinajstić information content (AvgIpc) is 3.43. The van der Waals surface area contributed by atoms with Gasteiger partial charge >= 0.3 is 0 Å². The van der Waals surface area contributed by atoms with Crippen LogP contribution < -0.4 is 10.1 Å². The molecule has 3 aromatic rings. The summed E-state index contributed by atoms with van der Waals surface area (Å²) in [6, 6.07) is 15.8. The van der Waals surface area contributed by atoms with Crippen LogP contribution in [-0.4, -0.2) is 18.0 Å². The molecule has 0 unspecified atom stereocenters. The molecule has 4 nitrogen and oxygen atoms in total. The molecule has 0 aliphatic heterocycles. The maximum atomic E-state index is 12.6. The Balaban J connectivity index is 1.49. The van der Waals surface area contributed by atoms with Crippen LogP contribution in [0.5, 0.6) is 5.75 Å². The number of anilines is 1. The second kappa shape index (κ2) is 5.96. The molecule has 1 fully saturated rings. The van der Waals surface area contributed by atoms with Gasteiger partial charge in [-0.2, -0.15) is 0 Å². The first-order valence-electron chi connectivity index (χ1n) is 8.04. The summed E-state index contributed by atoms with van der Waals surface area (Å²) in [5.74, 6) is 1.26. The Bertz CT molecular complexity index is 884. The zero-order chi connectivity index (χ0) is 16.5. The standard InChI is InChI=1S/C20H18N2O2/c1-24-15-7-5-13(6-8-15)17-11-18(17)20(23)22-19-4-2-3-14-12-21-10-9-16(14)19/h2-10,12,17-18H,11H2,1H3,(H,22,23)/t17-,18+/m0/s1. The van der Waals surface area contributed by atoms with Gasteiger partial charge in [-0.25, -0.2) is 0 Å². The molecule has 0 radical (unpaired) electrons. The maximum absolute atomic E-state index is 12.6. The Kier molecular flexibility index (Phi) is 3.65. The normalized spacial score (nSPS) is 19.0. The number of nitrogens with zero attached hydrogens (tertiary/aromatic N) is 1. The molecule has 1 aromatic heterocycles. The highest BCUT2D eigenvalue weighted by Gasteiger charge is 2.43. The summed E-state index contributed by atoms with van der Waals surface area (Å²) in [6.07, 6.45) is 4.45. The van der Waals surface area contributed by atoms with Crippen molar-refractivity contribution in [2.45, 2.75) is 12.3 Å². The van der Waals surface area contributed by atoms with E-state index in [2.05, 4.69) is 10.3 Å². The third-order valence-electron chi connectivity index (χ3n) is 4.61. The number of carbonyl (C=O) groups excluding carboxylic acids is 1. The lowest BCUT2D eigenvalue weighted by Gasteiger charge is -2.08. The molecule has 0 spiro atoms. The van der Waals surface area contributed by atoms with Crippen LogP contribution >= 0.6 is 0 Å². The third kappa shape index (κ3) is 2.71. The lowest BCUT2D eigenvalue weighted by Crippen LogP contribution is -2.14. The van der Waals surface area contributed by atoms with Crippen molar-refractivity contribution in [3.63, 3.8) is 0 Å². The van der Waals surface area contributed by atoms with Gasteiger partial charge in [-0.15, -0.1) is 0 Å². The number of pyridine rings is 1. The molecule has 4 rings (SSSR count). The van der Waals surface area contributed by atoms with Gasteiger partial charge in [0.2, 0.25) is 5.91 Å². The molecule has 1 N–H and O–H groups in total. The van der Waals surface area contributed by atoms with Crippen LogP contribution in [-0.2, 0) is 4.79 Å². The first kappa shape index (κ1) is 14.7. The highest BCUT2D eigenvalue weighted by molar-refractivity contribution is 6.03. The molecule has 1 saturated carbocycles. The highest BCUT2D eigenvalue weighted by Crippen LogP contribution is 2.48. The minimum Gasteiger partial charge on any atom is -0.497 e. The summed E-state index contributed by atoms with van der Waals surface area (Å²) in [5.41, 5.74) is 2.04. The summed E-state index contributed by atoms with van der Waals surface area (Å²) in [7, 11) is 1.65. The van der Waals surface area contributed by atoms with Crippen molar-refractivity contribution in [1.29, 1.82) is 0 Å². The lowest BCUT2D eigenvalue weighted by molar-refractivity contribution is -0.117. The summed E-state index contributed by atoms with van der Waals surface area (Å²) < 4.78 is 5.18. The molecule has 1 aliphatic carbocycles. The molecule has 4 heteroatoms. The monoisotopic (exact) mass is 318 g/mol. The topological polar surface area (TPSA) is 51.2 Å². The van der Waals surface area contributed by atoms with Gasteiger partial charge in [-0.3, -0.25) is 9.78 Å². The number of hydrogen-bond acceptors (Lipinski definition) is 3. The molecular weight excluding hydrogens is 300 g/mol. The van der Waals surface area contributed by atoms with Crippen LogP contribution in [0.15, 0.2) is 60.9 Å². The van der Waals surface area contributed by atoms with E-state index < -0.39 is 0 Å². The van der Waals surface area contributed by atoms with Crippen molar-refractivity contribution in [2.24, 2.45) is 5.92 Å². The van der Waals surface area contributed by atoms with Gasteiger partial charge in [0.1, 0.15) is 5.75 Å². The van der Waals surface area contributed by atoms with Crippen molar-refractivity contribution in [3.05, 3.63) is 66.5 Å². The summed E-state index contributed by atoms with van der Waals surface area (Å²) in [6.45, 7) is 0. The number of hydrogen-bond donors (Lipinski definition) is 1. The number of amides is 1. The van der Waals surface area contributed by atoms with Crippen LogP contribution in [0.3, 0.4) is 0 Å². The Morgan fingerprint density at radius 1 is 1.17 bits per heavy atom. The fraction of sp³-hybridized carbons (Fsp3) is 0.200. The predicted molar refractivity (Wildman–Crippen MR) is 94.2 cm³/mol. The van der Waals surface area contributed by atoms with Gasteiger partial charge < -0.3 is 10.1 Å². The summed E-state index contributed by atoms with van der Waals surface area (Å²) >= 11 is 0. The van der Waals surface area contributed by atoms with Crippen molar-refractivity contribution in [1.82, 2.24) is 4.98 Å². The number of methoxy groups -OCH3 is 1. The van der Waals surface area contributed by atoms with Crippen LogP contribution in [0, 0.1) is 5.92 Å². The van der Waals surface area contributed by atoms with Crippen LogP contribution in [0.4, 0.5) is 5.69 Å². The SMILES string of the molecule is COc1ccc([C@@H]2C[C@H]2C(=O)Nc2cccc3cnccc23)cc1. The minimum absolute atomic E-state index is 0.0375. The molecule has 0 bridgehead atoms. The van der Waals surface area contributed by atoms with Gasteiger partial charge in [0.05, 0.1) is 7.11 Å². The first-order valence-corrected chi connectivity index (χ1v) is 8.04. The molecule has 2 atom stereocenters. The Labute approximate surface area is 140 Å². The van der Waals surface area contributed by atoms with E-state index in [0.717, 1.165) is 28.6 Å². The Morgan fingerprint density at radius 3 is 2.79 bits per heavy atom. The van der Waals surface area contributed by atoms with Gasteiger partial charge in [0, 0.05) is 34.8 Å². The number of carbonyl (C=O) groups is 1. The number of ether oxygens (including phenoxy) is 1. The van der Waals surface area contributed by atoms with Gasteiger partial charge in [-0.05, 0) is 42.2 Å². The van der Waals surface area contributed by atoms with E-state index in [-0.39, 0.29) is 11.8 Å². The zero-order valence-corrected chi connectivity index (χ0v) is 13.4. The van der Waals surface area contributed by atoms with Crippen molar-refractivity contribution in [3.8, 4) is 5.75 Å². The second-order valence-corrected chi connectivity index (χ2v) is 6.11. The molecule has 1 aliphatic rings. The average molecular weight is 318 g/mol. The molecule has 24 heavy (non-hydrogen) atoms. The summed E-state index contributed by atoms with van der Waals surface area (Å²) in [4.78, 5) is 16.7. The lowest BCUT2D eigenvalue weighted by atomic mass is 10.1. The van der Waals surface area contributed by atoms with Crippen molar-refractivity contribution < 1.29 is 9.53 Å². The number of fused-ring (bicyclic) bond motifs is 1.